The Morgan fingerprint density at radius 2 is 1.38 bits per heavy atom. The van der Waals surface area contributed by atoms with Crippen LogP contribution in [0, 0.1) is 23.7 Å². The third-order valence-corrected chi connectivity index (χ3v) is 3.04. The average molecular weight is 182 g/mol. The van der Waals surface area contributed by atoms with Gasteiger partial charge in [-0.1, -0.05) is 53.7 Å². The summed E-state index contributed by atoms with van der Waals surface area (Å²) >= 11 is 0. The normalized spacial score (nSPS) is 17.2. The van der Waals surface area contributed by atoms with Crippen molar-refractivity contribution in [2.45, 2.75) is 48.0 Å². The molecule has 2 atom stereocenters. The van der Waals surface area contributed by atoms with Crippen molar-refractivity contribution in [3.05, 3.63) is 12.2 Å². The van der Waals surface area contributed by atoms with Crippen LogP contribution in [0.5, 0.6) is 0 Å². The van der Waals surface area contributed by atoms with Gasteiger partial charge in [0.15, 0.2) is 0 Å². The molecule has 0 heteroatoms. The first-order valence-corrected chi connectivity index (χ1v) is 5.67. The van der Waals surface area contributed by atoms with Gasteiger partial charge in [-0.05, 0) is 30.1 Å². The predicted octanol–water partition coefficient (Wildman–Crippen LogP) is 4.52. The average Bonchev–Trinajstić information content (AvgIpc) is 2.04. The zero-order chi connectivity index (χ0) is 10.4. The highest BCUT2D eigenvalue weighted by molar-refractivity contribution is 4.93. The molecule has 0 spiro atoms. The molecule has 0 radical (unpaired) electrons. The van der Waals surface area contributed by atoms with Gasteiger partial charge in [0.2, 0.25) is 0 Å². The fourth-order valence-corrected chi connectivity index (χ4v) is 1.37. The molecular weight excluding hydrogens is 156 g/mol. The van der Waals surface area contributed by atoms with Crippen molar-refractivity contribution in [2.24, 2.45) is 23.7 Å². The summed E-state index contributed by atoms with van der Waals surface area (Å²) in [6, 6.07) is 0. The Morgan fingerprint density at radius 1 is 0.846 bits per heavy atom. The van der Waals surface area contributed by atoms with Crippen LogP contribution < -0.4 is 0 Å². The summed E-state index contributed by atoms with van der Waals surface area (Å²) in [5.74, 6) is 3.02. The highest BCUT2D eigenvalue weighted by Gasteiger charge is 2.08. The van der Waals surface area contributed by atoms with Gasteiger partial charge in [-0.15, -0.1) is 0 Å². The first-order chi connectivity index (χ1) is 5.99. The van der Waals surface area contributed by atoms with Gasteiger partial charge in [0.25, 0.3) is 0 Å². The molecule has 2 unspecified atom stereocenters. The molecule has 0 N–H and O–H groups in total. The molecule has 0 aliphatic carbocycles. The van der Waals surface area contributed by atoms with Crippen LogP contribution in [0.25, 0.3) is 0 Å². The maximum absolute atomic E-state index is 2.41. The van der Waals surface area contributed by atoms with Gasteiger partial charge in [0.1, 0.15) is 0 Å². The largest absolute Gasteiger partial charge is 0.0852 e. The van der Waals surface area contributed by atoms with Crippen molar-refractivity contribution in [3.63, 3.8) is 0 Å². The summed E-state index contributed by atoms with van der Waals surface area (Å²) in [6.07, 6.45) is 6.06. The summed E-state index contributed by atoms with van der Waals surface area (Å²) in [6.45, 7) is 13.7. The van der Waals surface area contributed by atoms with E-state index in [-0.39, 0.29) is 0 Å². The number of rotatable bonds is 5. The van der Waals surface area contributed by atoms with Gasteiger partial charge in [-0.25, -0.2) is 0 Å². The molecule has 0 amide bonds. The van der Waals surface area contributed by atoms with Gasteiger partial charge < -0.3 is 0 Å². The van der Waals surface area contributed by atoms with Gasteiger partial charge in [0.05, 0.1) is 0 Å². The van der Waals surface area contributed by atoms with Crippen LogP contribution in [-0.2, 0) is 0 Å². The maximum atomic E-state index is 2.41. The van der Waals surface area contributed by atoms with E-state index in [1.54, 1.807) is 0 Å². The Balaban J connectivity index is 4.06. The molecule has 0 fully saturated rings. The van der Waals surface area contributed by atoms with E-state index in [0.717, 1.165) is 17.8 Å². The van der Waals surface area contributed by atoms with Crippen LogP contribution >= 0.6 is 0 Å². The van der Waals surface area contributed by atoms with Crippen molar-refractivity contribution in [2.75, 3.05) is 0 Å². The van der Waals surface area contributed by atoms with Gasteiger partial charge in [-0.3, -0.25) is 0 Å². The summed E-state index contributed by atoms with van der Waals surface area (Å²) < 4.78 is 0. The minimum Gasteiger partial charge on any atom is -0.0852 e. The van der Waals surface area contributed by atoms with E-state index in [2.05, 4.69) is 53.7 Å². The quantitative estimate of drug-likeness (QED) is 0.548. The second kappa shape index (κ2) is 6.23. The second-order valence-electron chi connectivity index (χ2n) is 4.80. The Labute approximate surface area is 84.4 Å². The third-order valence-electron chi connectivity index (χ3n) is 3.04. The molecule has 0 aromatic heterocycles. The molecule has 0 aliphatic heterocycles. The molecule has 0 rings (SSSR count). The van der Waals surface area contributed by atoms with Crippen LogP contribution in [-0.4, -0.2) is 0 Å². The Morgan fingerprint density at radius 3 is 1.69 bits per heavy atom. The topological polar surface area (TPSA) is 0 Å². The third kappa shape index (κ3) is 5.13. The summed E-state index contributed by atoms with van der Waals surface area (Å²) in [7, 11) is 0. The molecule has 0 aliphatic rings. The van der Waals surface area contributed by atoms with Crippen molar-refractivity contribution in [1.82, 2.24) is 0 Å². The minimum absolute atomic E-state index is 0.716. The second-order valence-corrected chi connectivity index (χ2v) is 4.80. The fourth-order valence-electron chi connectivity index (χ4n) is 1.37. The van der Waals surface area contributed by atoms with E-state index in [4.69, 9.17) is 0 Å². The van der Waals surface area contributed by atoms with Crippen LogP contribution in [0.3, 0.4) is 0 Å². The van der Waals surface area contributed by atoms with Gasteiger partial charge >= 0.3 is 0 Å². The lowest BCUT2D eigenvalue weighted by atomic mass is 9.90. The minimum atomic E-state index is 0.716. The number of hydrogen-bond donors (Lipinski definition) is 0. The number of allylic oxidation sites excluding steroid dienone is 2. The molecule has 0 heterocycles. The maximum Gasteiger partial charge on any atom is -0.0213 e. The molecule has 13 heavy (non-hydrogen) atoms. The molecule has 0 bridgehead atoms. The Bertz CT molecular complexity index is 142. The van der Waals surface area contributed by atoms with Crippen molar-refractivity contribution < 1.29 is 0 Å². The smallest absolute Gasteiger partial charge is 0.0213 e. The van der Waals surface area contributed by atoms with Crippen molar-refractivity contribution >= 4 is 0 Å². The highest BCUT2D eigenvalue weighted by atomic mass is 14.1. The molecule has 0 saturated carbocycles. The molecule has 78 valence electrons. The van der Waals surface area contributed by atoms with Crippen LogP contribution in [0.1, 0.15) is 48.0 Å². The standard InChI is InChI=1S/C13H26/c1-7-13(11(4)5)9-8-12(6)10(2)3/h8-13H,7H2,1-6H3. The fraction of sp³-hybridized carbons (Fsp3) is 0.846. The Kier molecular flexibility index (Phi) is 6.11. The van der Waals surface area contributed by atoms with Crippen molar-refractivity contribution in [1.29, 1.82) is 0 Å². The van der Waals surface area contributed by atoms with E-state index in [9.17, 15) is 0 Å². The van der Waals surface area contributed by atoms with Crippen LogP contribution in [0.2, 0.25) is 0 Å². The highest BCUT2D eigenvalue weighted by Crippen LogP contribution is 2.19. The van der Waals surface area contributed by atoms with Gasteiger partial charge in [-0.2, -0.15) is 0 Å². The van der Waals surface area contributed by atoms with Crippen LogP contribution in [0.4, 0.5) is 0 Å². The molecular formula is C13H26. The van der Waals surface area contributed by atoms with Crippen LogP contribution in [0.15, 0.2) is 12.2 Å². The van der Waals surface area contributed by atoms with E-state index in [0.29, 0.717) is 5.92 Å². The first kappa shape index (κ1) is 12.7. The SMILES string of the molecule is CCC(C=CC(C)C(C)C)C(C)C. The lowest BCUT2D eigenvalue weighted by molar-refractivity contribution is 0.443. The first-order valence-electron chi connectivity index (χ1n) is 5.67. The molecule has 0 saturated heterocycles. The number of hydrogen-bond acceptors (Lipinski definition) is 0. The summed E-state index contributed by atoms with van der Waals surface area (Å²) in [4.78, 5) is 0. The van der Waals surface area contributed by atoms with E-state index in [1.165, 1.54) is 6.42 Å². The van der Waals surface area contributed by atoms with E-state index < -0.39 is 0 Å². The summed E-state index contributed by atoms with van der Waals surface area (Å²) in [5.41, 5.74) is 0. The predicted molar refractivity (Wildman–Crippen MR) is 61.8 cm³/mol. The lowest BCUT2D eigenvalue weighted by Gasteiger charge is -2.16. The zero-order valence-electron chi connectivity index (χ0n) is 10.2. The monoisotopic (exact) mass is 182 g/mol. The summed E-state index contributed by atoms with van der Waals surface area (Å²) in [5, 5.41) is 0. The van der Waals surface area contributed by atoms with Crippen molar-refractivity contribution in [3.8, 4) is 0 Å². The molecule has 0 nitrogen and oxygen atoms in total. The lowest BCUT2D eigenvalue weighted by Crippen LogP contribution is -2.06. The van der Waals surface area contributed by atoms with Gasteiger partial charge in [0, 0.05) is 0 Å². The van der Waals surface area contributed by atoms with E-state index in [1.807, 2.05) is 0 Å². The van der Waals surface area contributed by atoms with E-state index >= 15 is 0 Å². The molecule has 0 aromatic rings. The zero-order valence-corrected chi connectivity index (χ0v) is 10.2. The Hall–Kier alpha value is -0.260. The molecule has 0 aromatic carbocycles.